The van der Waals surface area contributed by atoms with Gasteiger partial charge in [0.05, 0.1) is 17.5 Å². The van der Waals surface area contributed by atoms with E-state index in [1.165, 1.54) is 0 Å². The molecule has 5 nitrogen and oxygen atoms in total. The van der Waals surface area contributed by atoms with Gasteiger partial charge in [0, 0.05) is 75.4 Å². The summed E-state index contributed by atoms with van der Waals surface area (Å²) >= 11 is 0. The highest BCUT2D eigenvalue weighted by atomic mass is 15.1. The monoisotopic (exact) mass is 475 g/mol. The molecule has 3 aromatic carbocycles. The predicted octanol–water partition coefficient (Wildman–Crippen LogP) is 6.71. The Hall–Kier alpha value is -4.30. The van der Waals surface area contributed by atoms with Crippen molar-refractivity contribution in [2.75, 3.05) is 50.4 Å². The van der Waals surface area contributed by atoms with Gasteiger partial charge in [-0.1, -0.05) is 36.4 Å². The zero-order chi connectivity index (χ0) is 25.7. The van der Waals surface area contributed by atoms with Crippen LogP contribution in [0.3, 0.4) is 0 Å². The van der Waals surface area contributed by atoms with Crippen molar-refractivity contribution in [3.05, 3.63) is 84.4 Å². The second-order valence-corrected chi connectivity index (χ2v) is 9.30. The van der Waals surface area contributed by atoms with E-state index in [2.05, 4.69) is 100 Å². The van der Waals surface area contributed by atoms with Gasteiger partial charge < -0.3 is 15.1 Å². The first kappa shape index (κ1) is 24.8. The van der Waals surface area contributed by atoms with Crippen LogP contribution in [-0.4, -0.2) is 40.2 Å². The Morgan fingerprint density at radius 2 is 1.25 bits per heavy atom. The summed E-state index contributed by atoms with van der Waals surface area (Å²) in [4.78, 5) is 9.27. The second kappa shape index (κ2) is 11.0. The molecule has 1 N–H and O–H groups in total. The Balaban J connectivity index is 1.84. The van der Waals surface area contributed by atoms with Crippen LogP contribution in [-0.2, 0) is 6.42 Å². The Bertz CT molecular complexity index is 1290. The van der Waals surface area contributed by atoms with E-state index in [4.69, 9.17) is 10.2 Å². The molecular formula is C31H33N5. The Kier molecular flexibility index (Phi) is 7.56. The molecule has 4 rings (SSSR count). The van der Waals surface area contributed by atoms with E-state index in [1.54, 1.807) is 0 Å². The lowest BCUT2D eigenvalue weighted by atomic mass is 9.96. The average molecular weight is 476 g/mol. The van der Waals surface area contributed by atoms with Gasteiger partial charge in [-0.2, -0.15) is 5.26 Å². The summed E-state index contributed by atoms with van der Waals surface area (Å²) in [6, 6.07) is 30.0. The van der Waals surface area contributed by atoms with Gasteiger partial charge in [0.2, 0.25) is 0 Å². The molecule has 0 saturated heterocycles. The van der Waals surface area contributed by atoms with Gasteiger partial charge in [0.1, 0.15) is 0 Å². The molecule has 1 heterocycles. The molecule has 0 atom stereocenters. The van der Waals surface area contributed by atoms with E-state index in [-0.39, 0.29) is 0 Å². The molecule has 4 aromatic rings. The summed E-state index contributed by atoms with van der Waals surface area (Å²) < 4.78 is 0. The Morgan fingerprint density at radius 1 is 0.722 bits per heavy atom. The predicted molar refractivity (Wildman–Crippen MR) is 153 cm³/mol. The molecule has 5 heteroatoms. The molecule has 0 aliphatic carbocycles. The van der Waals surface area contributed by atoms with E-state index in [1.807, 2.05) is 35.2 Å². The minimum atomic E-state index is 0.512. The van der Waals surface area contributed by atoms with Crippen LogP contribution >= 0.6 is 0 Å². The number of aryl methyl sites for hydroxylation is 1. The van der Waals surface area contributed by atoms with Crippen LogP contribution in [0.15, 0.2) is 78.9 Å². The van der Waals surface area contributed by atoms with Crippen LogP contribution in [0, 0.1) is 11.3 Å². The maximum absolute atomic E-state index is 8.98. The van der Waals surface area contributed by atoms with Crippen LogP contribution in [0.5, 0.6) is 0 Å². The number of aromatic nitrogens is 1. The third kappa shape index (κ3) is 5.50. The molecule has 0 aliphatic rings. The Labute approximate surface area is 214 Å². The van der Waals surface area contributed by atoms with Crippen LogP contribution in [0.1, 0.15) is 12.0 Å². The number of anilines is 3. The lowest BCUT2D eigenvalue weighted by Gasteiger charge is -2.16. The number of benzene rings is 3. The van der Waals surface area contributed by atoms with Crippen LogP contribution in [0.4, 0.5) is 17.1 Å². The van der Waals surface area contributed by atoms with E-state index in [0.717, 1.165) is 62.7 Å². The molecule has 0 aliphatic heterocycles. The van der Waals surface area contributed by atoms with Crippen molar-refractivity contribution in [3.63, 3.8) is 0 Å². The highest BCUT2D eigenvalue weighted by molar-refractivity contribution is 5.84. The van der Waals surface area contributed by atoms with Gasteiger partial charge in [-0.05, 0) is 60.0 Å². The van der Waals surface area contributed by atoms with Crippen LogP contribution in [0.2, 0.25) is 0 Å². The van der Waals surface area contributed by atoms with Gasteiger partial charge in [-0.25, -0.2) is 4.98 Å². The summed E-state index contributed by atoms with van der Waals surface area (Å²) in [5, 5.41) is 12.3. The maximum Gasteiger partial charge on any atom is 0.0715 e. The van der Waals surface area contributed by atoms with Gasteiger partial charge in [0.25, 0.3) is 0 Å². The van der Waals surface area contributed by atoms with E-state index in [9.17, 15) is 0 Å². The van der Waals surface area contributed by atoms with Gasteiger partial charge in [0.15, 0.2) is 0 Å². The summed E-state index contributed by atoms with van der Waals surface area (Å²) in [7, 11) is 10.1. The number of nitriles is 1. The number of hydrogen-bond acceptors (Lipinski definition) is 5. The third-order valence-electron chi connectivity index (χ3n) is 6.37. The van der Waals surface area contributed by atoms with Crippen molar-refractivity contribution in [1.82, 2.24) is 4.98 Å². The molecule has 0 spiro atoms. The SMILES string of the molecule is CNc1cc(CCC#N)ccc1-c1cc(-c2ccc(N(C)C)cc2)nc(-c2ccc(N(C)C)cc2)c1. The highest BCUT2D eigenvalue weighted by Gasteiger charge is 2.13. The minimum absolute atomic E-state index is 0.512. The zero-order valence-corrected chi connectivity index (χ0v) is 21.7. The van der Waals surface area contributed by atoms with Crippen molar-refractivity contribution >= 4 is 17.1 Å². The van der Waals surface area contributed by atoms with Crippen molar-refractivity contribution in [3.8, 4) is 39.7 Å². The summed E-state index contributed by atoms with van der Waals surface area (Å²) in [6.07, 6.45) is 1.26. The third-order valence-corrected chi connectivity index (χ3v) is 6.37. The molecular weight excluding hydrogens is 442 g/mol. The van der Waals surface area contributed by atoms with Gasteiger partial charge >= 0.3 is 0 Å². The summed E-state index contributed by atoms with van der Waals surface area (Å²) in [5.74, 6) is 0. The number of pyridine rings is 1. The van der Waals surface area contributed by atoms with Gasteiger partial charge in [-0.15, -0.1) is 0 Å². The van der Waals surface area contributed by atoms with E-state index < -0.39 is 0 Å². The quantitative estimate of drug-likeness (QED) is 0.307. The first-order valence-electron chi connectivity index (χ1n) is 12.1. The van der Waals surface area contributed by atoms with Crippen molar-refractivity contribution < 1.29 is 0 Å². The van der Waals surface area contributed by atoms with Crippen molar-refractivity contribution in [2.24, 2.45) is 0 Å². The van der Waals surface area contributed by atoms with E-state index >= 15 is 0 Å². The molecule has 0 amide bonds. The maximum atomic E-state index is 8.98. The lowest BCUT2D eigenvalue weighted by Crippen LogP contribution is -2.08. The zero-order valence-electron chi connectivity index (χ0n) is 21.7. The number of rotatable bonds is 8. The normalized spacial score (nSPS) is 10.6. The molecule has 182 valence electrons. The van der Waals surface area contributed by atoms with Crippen LogP contribution < -0.4 is 15.1 Å². The number of nitrogens with zero attached hydrogens (tertiary/aromatic N) is 4. The topological polar surface area (TPSA) is 55.2 Å². The van der Waals surface area contributed by atoms with Crippen molar-refractivity contribution in [1.29, 1.82) is 5.26 Å². The highest BCUT2D eigenvalue weighted by Crippen LogP contribution is 2.35. The van der Waals surface area contributed by atoms with Crippen LogP contribution in [0.25, 0.3) is 33.6 Å². The molecule has 1 aromatic heterocycles. The molecule has 0 unspecified atom stereocenters. The number of nitrogens with one attached hydrogen (secondary N) is 1. The first-order chi connectivity index (χ1) is 17.4. The smallest absolute Gasteiger partial charge is 0.0715 e. The Morgan fingerprint density at radius 3 is 1.69 bits per heavy atom. The molecule has 0 radical (unpaired) electrons. The fourth-order valence-corrected chi connectivity index (χ4v) is 4.25. The minimum Gasteiger partial charge on any atom is -0.388 e. The summed E-state index contributed by atoms with van der Waals surface area (Å²) in [6.45, 7) is 0. The van der Waals surface area contributed by atoms with E-state index in [0.29, 0.717) is 6.42 Å². The molecule has 0 fully saturated rings. The fraction of sp³-hybridized carbons (Fsp3) is 0.226. The average Bonchev–Trinajstić information content (AvgIpc) is 2.91. The molecule has 0 saturated carbocycles. The standard InChI is InChI=1S/C31H33N5/c1-33-31-19-22(7-6-18-32)8-17-28(31)25-20-29(23-9-13-26(14-10-23)35(2)3)34-30(21-25)24-11-15-27(16-12-24)36(4)5/h8-17,19-21,33H,6-7H2,1-5H3. The fourth-order valence-electron chi connectivity index (χ4n) is 4.25. The molecule has 0 bridgehead atoms. The number of hydrogen-bond donors (Lipinski definition) is 1. The van der Waals surface area contributed by atoms with Crippen molar-refractivity contribution in [2.45, 2.75) is 12.8 Å². The lowest BCUT2D eigenvalue weighted by molar-refractivity contribution is 1.01. The second-order valence-electron chi connectivity index (χ2n) is 9.30. The van der Waals surface area contributed by atoms with Gasteiger partial charge in [-0.3, -0.25) is 0 Å². The first-order valence-corrected chi connectivity index (χ1v) is 12.1. The molecule has 36 heavy (non-hydrogen) atoms. The largest absolute Gasteiger partial charge is 0.388 e. The summed E-state index contributed by atoms with van der Waals surface area (Å²) in [5.41, 5.74) is 10.7.